The second-order valence-corrected chi connectivity index (χ2v) is 3.49. The summed E-state index contributed by atoms with van der Waals surface area (Å²) in [6, 6.07) is 7.29. The Labute approximate surface area is 102 Å². The highest BCUT2D eigenvalue weighted by Gasteiger charge is 2.23. The van der Waals surface area contributed by atoms with Crippen molar-refractivity contribution < 1.29 is 14.7 Å². The van der Waals surface area contributed by atoms with Crippen LogP contribution in [0.1, 0.15) is 22.2 Å². The Morgan fingerprint density at radius 3 is 2.56 bits per heavy atom. The van der Waals surface area contributed by atoms with Crippen molar-refractivity contribution in [2.75, 3.05) is 0 Å². The molecule has 0 saturated carbocycles. The van der Waals surface area contributed by atoms with Gasteiger partial charge in [-0.25, -0.2) is 9.78 Å². The summed E-state index contributed by atoms with van der Waals surface area (Å²) in [5.74, 6) is -1.80. The molecule has 0 aliphatic carbocycles. The third kappa shape index (κ3) is 2.51. The summed E-state index contributed by atoms with van der Waals surface area (Å²) in [7, 11) is 0. The molecule has 0 saturated heterocycles. The monoisotopic (exact) mass is 246 g/mol. The first-order valence-electron chi connectivity index (χ1n) is 5.12. The van der Waals surface area contributed by atoms with Crippen molar-refractivity contribution in [3.05, 3.63) is 48.0 Å². The summed E-state index contributed by atoms with van der Waals surface area (Å²) >= 11 is 0. The average Bonchev–Trinajstić information content (AvgIpc) is 2.90. The topological polar surface area (TPSA) is 108 Å². The van der Waals surface area contributed by atoms with Gasteiger partial charge in [0.2, 0.25) is 5.82 Å². The van der Waals surface area contributed by atoms with E-state index < -0.39 is 17.9 Å². The molecule has 1 heterocycles. The van der Waals surface area contributed by atoms with Crippen molar-refractivity contribution in [2.24, 2.45) is 0 Å². The van der Waals surface area contributed by atoms with Crippen LogP contribution in [0.15, 0.2) is 36.7 Å². The van der Waals surface area contributed by atoms with Crippen LogP contribution in [-0.2, 0) is 4.79 Å². The van der Waals surface area contributed by atoms with Crippen molar-refractivity contribution in [1.29, 1.82) is 0 Å². The van der Waals surface area contributed by atoms with Crippen LogP contribution in [0, 0.1) is 0 Å². The minimum absolute atomic E-state index is 0.0304. The third-order valence-electron chi connectivity index (χ3n) is 2.29. The molecule has 2 rings (SSSR count). The minimum atomic E-state index is -1.14. The molecule has 1 amide bonds. The number of aromatic nitrogens is 3. The van der Waals surface area contributed by atoms with E-state index in [0.29, 0.717) is 5.56 Å². The minimum Gasteiger partial charge on any atom is -0.479 e. The van der Waals surface area contributed by atoms with Crippen molar-refractivity contribution >= 4 is 11.9 Å². The van der Waals surface area contributed by atoms with Crippen LogP contribution < -0.4 is 5.32 Å². The van der Waals surface area contributed by atoms with Crippen LogP contribution in [0.2, 0.25) is 0 Å². The van der Waals surface area contributed by atoms with Crippen molar-refractivity contribution in [3.63, 3.8) is 0 Å². The Morgan fingerprint density at radius 2 is 2.00 bits per heavy atom. The molecule has 1 aromatic heterocycles. The Hall–Kier alpha value is -2.70. The summed E-state index contributed by atoms with van der Waals surface area (Å²) in [5, 5.41) is 17.4. The molecule has 0 aliphatic rings. The number of nitrogens with zero attached hydrogens (tertiary/aromatic N) is 2. The van der Waals surface area contributed by atoms with Gasteiger partial charge in [-0.2, -0.15) is 5.10 Å². The molecule has 7 nitrogen and oxygen atoms in total. The normalized spacial score (nSPS) is 11.8. The van der Waals surface area contributed by atoms with Gasteiger partial charge in [0, 0.05) is 0 Å². The van der Waals surface area contributed by atoms with Gasteiger partial charge < -0.3 is 10.4 Å². The Bertz CT molecular complexity index is 539. The van der Waals surface area contributed by atoms with E-state index in [9.17, 15) is 9.59 Å². The van der Waals surface area contributed by atoms with Gasteiger partial charge >= 0.3 is 5.97 Å². The highest BCUT2D eigenvalue weighted by molar-refractivity contribution is 5.93. The molecule has 0 aliphatic heterocycles. The third-order valence-corrected chi connectivity index (χ3v) is 2.29. The fourth-order valence-corrected chi connectivity index (χ4v) is 1.45. The fourth-order valence-electron chi connectivity index (χ4n) is 1.45. The Balaban J connectivity index is 2.18. The lowest BCUT2D eigenvalue weighted by Crippen LogP contribution is -2.34. The van der Waals surface area contributed by atoms with Crippen LogP contribution in [0.5, 0.6) is 0 Å². The number of carboxylic acid groups (broad SMARTS) is 1. The van der Waals surface area contributed by atoms with Gasteiger partial charge in [0.05, 0.1) is 0 Å². The molecule has 3 N–H and O–H groups in total. The molecule has 7 heteroatoms. The van der Waals surface area contributed by atoms with Gasteiger partial charge in [-0.15, -0.1) is 0 Å². The molecule has 92 valence electrons. The fraction of sp³-hybridized carbons (Fsp3) is 0.0909. The summed E-state index contributed by atoms with van der Waals surface area (Å²) in [6.07, 6.45) is 1.17. The lowest BCUT2D eigenvalue weighted by Gasteiger charge is -2.13. The molecule has 0 fully saturated rings. The highest BCUT2D eigenvalue weighted by atomic mass is 16.4. The van der Waals surface area contributed by atoms with Gasteiger partial charge in [0.25, 0.3) is 5.91 Å². The molecular formula is C11H10N4O3. The van der Waals surface area contributed by atoms with Crippen LogP contribution >= 0.6 is 0 Å². The first-order chi connectivity index (χ1) is 8.68. The number of carboxylic acids is 1. The molecular weight excluding hydrogens is 236 g/mol. The number of carbonyl (C=O) groups is 2. The number of carbonyl (C=O) groups excluding carboxylic acids is 1. The molecule has 0 spiro atoms. The molecule has 0 bridgehead atoms. The van der Waals surface area contributed by atoms with E-state index in [1.54, 1.807) is 30.3 Å². The van der Waals surface area contributed by atoms with Gasteiger partial charge in [0.15, 0.2) is 6.04 Å². The second-order valence-electron chi connectivity index (χ2n) is 3.49. The second kappa shape index (κ2) is 5.09. The molecule has 1 unspecified atom stereocenters. The van der Waals surface area contributed by atoms with E-state index in [1.807, 2.05) is 0 Å². The maximum atomic E-state index is 11.7. The van der Waals surface area contributed by atoms with Gasteiger partial charge in [-0.1, -0.05) is 30.3 Å². The quantitative estimate of drug-likeness (QED) is 0.721. The molecule has 0 radical (unpaired) electrons. The Kier molecular flexibility index (Phi) is 3.33. The van der Waals surface area contributed by atoms with Crippen molar-refractivity contribution in [2.45, 2.75) is 6.04 Å². The maximum Gasteiger partial charge on any atom is 0.330 e. The van der Waals surface area contributed by atoms with Gasteiger partial charge in [0.1, 0.15) is 6.33 Å². The van der Waals surface area contributed by atoms with E-state index in [4.69, 9.17) is 5.11 Å². The zero-order valence-electron chi connectivity index (χ0n) is 9.20. The first-order valence-corrected chi connectivity index (χ1v) is 5.12. The predicted molar refractivity (Wildman–Crippen MR) is 60.7 cm³/mol. The van der Waals surface area contributed by atoms with Crippen LogP contribution in [0.3, 0.4) is 0 Å². The van der Waals surface area contributed by atoms with Crippen molar-refractivity contribution in [1.82, 2.24) is 20.5 Å². The summed E-state index contributed by atoms with van der Waals surface area (Å²) in [4.78, 5) is 26.5. The maximum absolute atomic E-state index is 11.7. The number of H-pyrrole nitrogens is 1. The molecule has 18 heavy (non-hydrogen) atoms. The zero-order valence-corrected chi connectivity index (χ0v) is 9.20. The molecule has 1 aromatic carbocycles. The standard InChI is InChI=1S/C11H10N4O3/c16-10(9-12-6-13-15-9)14-8(11(17)18)7-4-2-1-3-5-7/h1-6,8H,(H,14,16)(H,17,18)(H,12,13,15). The lowest BCUT2D eigenvalue weighted by molar-refractivity contribution is -0.139. The van der Waals surface area contributed by atoms with Crippen LogP contribution in [-0.4, -0.2) is 32.2 Å². The number of hydrogen-bond acceptors (Lipinski definition) is 4. The van der Waals surface area contributed by atoms with E-state index in [2.05, 4.69) is 20.5 Å². The van der Waals surface area contributed by atoms with E-state index in [0.717, 1.165) is 0 Å². The van der Waals surface area contributed by atoms with Gasteiger partial charge in [-0.3, -0.25) is 9.89 Å². The molecule has 2 aromatic rings. The first kappa shape index (κ1) is 11.8. The number of rotatable bonds is 4. The van der Waals surface area contributed by atoms with Gasteiger partial charge in [-0.05, 0) is 5.56 Å². The molecule has 1 atom stereocenters. The van der Waals surface area contributed by atoms with E-state index >= 15 is 0 Å². The van der Waals surface area contributed by atoms with E-state index in [-0.39, 0.29) is 5.82 Å². The number of nitrogens with one attached hydrogen (secondary N) is 2. The number of aromatic amines is 1. The average molecular weight is 246 g/mol. The largest absolute Gasteiger partial charge is 0.479 e. The van der Waals surface area contributed by atoms with Crippen LogP contribution in [0.4, 0.5) is 0 Å². The van der Waals surface area contributed by atoms with Crippen LogP contribution in [0.25, 0.3) is 0 Å². The summed E-state index contributed by atoms with van der Waals surface area (Å²) in [6.45, 7) is 0. The smallest absolute Gasteiger partial charge is 0.330 e. The number of hydrogen-bond donors (Lipinski definition) is 3. The SMILES string of the molecule is O=C(NC(C(=O)O)c1ccccc1)c1ncn[nH]1. The predicted octanol–water partition coefficient (Wildman–Crippen LogP) is 0.360. The summed E-state index contributed by atoms with van der Waals surface area (Å²) in [5.41, 5.74) is 0.484. The van der Waals surface area contributed by atoms with E-state index in [1.165, 1.54) is 6.33 Å². The highest BCUT2D eigenvalue weighted by Crippen LogP contribution is 2.12. The van der Waals surface area contributed by atoms with Crippen molar-refractivity contribution in [3.8, 4) is 0 Å². The zero-order chi connectivity index (χ0) is 13.0. The number of benzene rings is 1. The number of amides is 1. The Morgan fingerprint density at radius 1 is 1.28 bits per heavy atom. The number of aliphatic carboxylic acids is 1. The lowest BCUT2D eigenvalue weighted by atomic mass is 10.1. The summed E-state index contributed by atoms with van der Waals surface area (Å²) < 4.78 is 0.